The summed E-state index contributed by atoms with van der Waals surface area (Å²) in [5.74, 6) is 2.18. The lowest BCUT2D eigenvalue weighted by Crippen LogP contribution is -1.93. The van der Waals surface area contributed by atoms with Gasteiger partial charge in [0.25, 0.3) is 0 Å². The lowest BCUT2D eigenvalue weighted by atomic mass is 10.2. The molecule has 23 heavy (non-hydrogen) atoms. The molecule has 0 unspecified atom stereocenters. The first-order valence-corrected chi connectivity index (χ1v) is 7.16. The fourth-order valence-corrected chi connectivity index (χ4v) is 2.65. The van der Waals surface area contributed by atoms with E-state index in [1.165, 1.54) is 0 Å². The van der Waals surface area contributed by atoms with Crippen molar-refractivity contribution in [1.82, 2.24) is 24.7 Å². The number of fused-ring (bicyclic) bond motifs is 1. The summed E-state index contributed by atoms with van der Waals surface area (Å²) in [5.41, 5.74) is 2.14. The Morgan fingerprint density at radius 1 is 1.22 bits per heavy atom. The number of H-pyrrole nitrogens is 1. The number of aromatic amines is 1. The molecule has 0 atom stereocenters. The Bertz CT molecular complexity index is 910. The number of rotatable bonds is 4. The van der Waals surface area contributed by atoms with Gasteiger partial charge in [0.05, 0.1) is 0 Å². The summed E-state index contributed by atoms with van der Waals surface area (Å²) in [6, 6.07) is 8.20. The first-order valence-electron chi connectivity index (χ1n) is 7.16. The van der Waals surface area contributed by atoms with Crippen molar-refractivity contribution in [2.75, 3.05) is 0 Å². The van der Waals surface area contributed by atoms with Crippen LogP contribution in [0.3, 0.4) is 0 Å². The molecule has 0 aliphatic heterocycles. The maximum absolute atomic E-state index is 5.36. The average Bonchev–Trinajstić information content (AvgIpc) is 3.26. The molecule has 1 N–H and O–H groups in total. The maximum Gasteiger partial charge on any atom is 0.227 e. The fraction of sp³-hybridized carbons (Fsp3) is 0.188. The van der Waals surface area contributed by atoms with E-state index in [2.05, 4.69) is 36.8 Å². The van der Waals surface area contributed by atoms with Crippen molar-refractivity contribution in [3.05, 3.63) is 54.6 Å². The number of nitrogens with one attached hydrogen (secondary N) is 1. The Morgan fingerprint density at radius 3 is 2.91 bits per heavy atom. The molecular formula is C16H16ClN5O. The third-order valence-corrected chi connectivity index (χ3v) is 3.74. The Kier molecular flexibility index (Phi) is 4.16. The molecule has 4 aromatic rings. The van der Waals surface area contributed by atoms with Crippen LogP contribution in [0.5, 0.6) is 0 Å². The molecule has 0 aliphatic carbocycles. The van der Waals surface area contributed by atoms with Gasteiger partial charge in [-0.2, -0.15) is 4.98 Å². The molecule has 4 rings (SSSR count). The van der Waals surface area contributed by atoms with E-state index in [0.29, 0.717) is 18.1 Å². The van der Waals surface area contributed by atoms with E-state index in [4.69, 9.17) is 4.52 Å². The lowest BCUT2D eigenvalue weighted by molar-refractivity contribution is 0.378. The van der Waals surface area contributed by atoms with Gasteiger partial charge in [0.2, 0.25) is 11.7 Å². The second kappa shape index (κ2) is 6.26. The minimum Gasteiger partial charge on any atom is -0.350 e. The van der Waals surface area contributed by atoms with Gasteiger partial charge in [-0.3, -0.25) is 0 Å². The van der Waals surface area contributed by atoms with Crippen molar-refractivity contribution in [2.45, 2.75) is 12.8 Å². The monoisotopic (exact) mass is 329 g/mol. The van der Waals surface area contributed by atoms with Gasteiger partial charge in [0.15, 0.2) is 0 Å². The van der Waals surface area contributed by atoms with E-state index in [-0.39, 0.29) is 12.4 Å². The summed E-state index contributed by atoms with van der Waals surface area (Å²) in [5, 5.41) is 5.25. The van der Waals surface area contributed by atoms with Crippen LogP contribution in [0, 0.1) is 0 Å². The van der Waals surface area contributed by atoms with E-state index in [1.807, 2.05) is 31.6 Å². The zero-order valence-electron chi connectivity index (χ0n) is 12.6. The van der Waals surface area contributed by atoms with E-state index in [9.17, 15) is 0 Å². The molecule has 0 fully saturated rings. The van der Waals surface area contributed by atoms with Crippen LogP contribution in [-0.4, -0.2) is 24.7 Å². The Balaban J connectivity index is 0.00000156. The zero-order valence-corrected chi connectivity index (χ0v) is 13.4. The minimum atomic E-state index is 0. The van der Waals surface area contributed by atoms with Crippen molar-refractivity contribution >= 4 is 23.3 Å². The molecule has 7 heteroatoms. The molecule has 0 bridgehead atoms. The molecule has 6 nitrogen and oxygen atoms in total. The predicted molar refractivity (Wildman–Crippen MR) is 89.5 cm³/mol. The first-order chi connectivity index (χ1) is 10.8. The molecule has 0 amide bonds. The number of hydrogen-bond acceptors (Lipinski definition) is 4. The maximum atomic E-state index is 5.36. The second-order valence-corrected chi connectivity index (χ2v) is 5.22. The smallest absolute Gasteiger partial charge is 0.227 e. The van der Waals surface area contributed by atoms with Crippen LogP contribution in [0.15, 0.2) is 47.4 Å². The van der Waals surface area contributed by atoms with Crippen LogP contribution >= 0.6 is 12.4 Å². The molecule has 3 heterocycles. The molecule has 118 valence electrons. The second-order valence-electron chi connectivity index (χ2n) is 5.22. The van der Waals surface area contributed by atoms with Crippen molar-refractivity contribution in [1.29, 1.82) is 0 Å². The third kappa shape index (κ3) is 2.85. The molecule has 1 aromatic carbocycles. The zero-order chi connectivity index (χ0) is 14.9. The van der Waals surface area contributed by atoms with Crippen LogP contribution in [0.2, 0.25) is 0 Å². The topological polar surface area (TPSA) is 72.5 Å². The Morgan fingerprint density at radius 2 is 2.09 bits per heavy atom. The van der Waals surface area contributed by atoms with Gasteiger partial charge in [-0.25, -0.2) is 4.98 Å². The molecule has 0 saturated heterocycles. The molecule has 3 aromatic heterocycles. The standard InChI is InChI=1S/C16H15N5O.ClH/c1-21-10-12(11-4-2-3-5-13(11)21)16-19-15(22-20-16)7-6-14-17-8-9-18-14;/h2-5,8-10H,6-7H2,1H3,(H,17,18);1H. The molecule has 0 aliphatic rings. The van der Waals surface area contributed by atoms with Crippen LogP contribution in [0.4, 0.5) is 0 Å². The van der Waals surface area contributed by atoms with Gasteiger partial charge >= 0.3 is 0 Å². The van der Waals surface area contributed by atoms with E-state index < -0.39 is 0 Å². The number of benzene rings is 1. The van der Waals surface area contributed by atoms with E-state index in [1.54, 1.807) is 6.20 Å². The summed E-state index contributed by atoms with van der Waals surface area (Å²) >= 11 is 0. The van der Waals surface area contributed by atoms with Gasteiger partial charge in [0, 0.05) is 54.9 Å². The molecule has 0 radical (unpaired) electrons. The highest BCUT2D eigenvalue weighted by Gasteiger charge is 2.14. The van der Waals surface area contributed by atoms with Crippen LogP contribution < -0.4 is 0 Å². The third-order valence-electron chi connectivity index (χ3n) is 3.74. The molecule has 0 saturated carbocycles. The number of aryl methyl sites for hydroxylation is 3. The summed E-state index contributed by atoms with van der Waals surface area (Å²) in [4.78, 5) is 11.8. The number of halogens is 1. The summed E-state index contributed by atoms with van der Waals surface area (Å²) in [6.45, 7) is 0. The van der Waals surface area contributed by atoms with Crippen molar-refractivity contribution in [3.8, 4) is 11.4 Å². The van der Waals surface area contributed by atoms with E-state index in [0.717, 1.165) is 28.7 Å². The number of para-hydroxylation sites is 1. The van der Waals surface area contributed by atoms with Crippen LogP contribution in [-0.2, 0) is 19.9 Å². The van der Waals surface area contributed by atoms with Gasteiger partial charge in [-0.05, 0) is 6.07 Å². The van der Waals surface area contributed by atoms with Gasteiger partial charge in [-0.15, -0.1) is 12.4 Å². The summed E-state index contributed by atoms with van der Waals surface area (Å²) in [6.07, 6.45) is 7.01. The minimum absolute atomic E-state index is 0. The normalized spacial score (nSPS) is 10.8. The SMILES string of the molecule is Cl.Cn1cc(-c2noc(CCc3ncc[nH]3)n2)c2ccccc21. The number of imidazole rings is 1. The fourth-order valence-electron chi connectivity index (χ4n) is 2.65. The van der Waals surface area contributed by atoms with Crippen LogP contribution in [0.25, 0.3) is 22.3 Å². The van der Waals surface area contributed by atoms with Gasteiger partial charge in [0.1, 0.15) is 5.82 Å². The van der Waals surface area contributed by atoms with E-state index >= 15 is 0 Å². The highest BCUT2D eigenvalue weighted by Crippen LogP contribution is 2.28. The molecule has 0 spiro atoms. The van der Waals surface area contributed by atoms with Crippen molar-refractivity contribution in [2.24, 2.45) is 7.05 Å². The predicted octanol–water partition coefficient (Wildman–Crippen LogP) is 3.16. The summed E-state index contributed by atoms with van der Waals surface area (Å²) in [7, 11) is 2.02. The lowest BCUT2D eigenvalue weighted by Gasteiger charge is -1.93. The van der Waals surface area contributed by atoms with Gasteiger partial charge < -0.3 is 14.1 Å². The number of hydrogen-bond donors (Lipinski definition) is 1. The summed E-state index contributed by atoms with van der Waals surface area (Å²) < 4.78 is 7.44. The van der Waals surface area contributed by atoms with Crippen LogP contribution in [0.1, 0.15) is 11.7 Å². The average molecular weight is 330 g/mol. The largest absolute Gasteiger partial charge is 0.350 e. The highest BCUT2D eigenvalue weighted by atomic mass is 35.5. The van der Waals surface area contributed by atoms with Crippen molar-refractivity contribution < 1.29 is 4.52 Å². The number of nitrogens with zero attached hydrogens (tertiary/aromatic N) is 4. The molecular weight excluding hydrogens is 314 g/mol. The number of aromatic nitrogens is 5. The highest BCUT2D eigenvalue weighted by molar-refractivity contribution is 5.94. The first kappa shape index (κ1) is 15.3. The van der Waals surface area contributed by atoms with Gasteiger partial charge in [-0.1, -0.05) is 23.4 Å². The quantitative estimate of drug-likeness (QED) is 0.624. The Hall–Kier alpha value is -2.60. The Labute approximate surface area is 139 Å². The van der Waals surface area contributed by atoms with Crippen molar-refractivity contribution in [3.63, 3.8) is 0 Å².